The number of ether oxygens (including phenoxy) is 1. The lowest BCUT2D eigenvalue weighted by Crippen LogP contribution is -2.14. The van der Waals surface area contributed by atoms with Gasteiger partial charge < -0.3 is 9.72 Å². The first-order valence-electron chi connectivity index (χ1n) is 7.07. The number of fused-ring (bicyclic) bond motifs is 3. The van der Waals surface area contributed by atoms with E-state index in [1.165, 1.54) is 6.07 Å². The van der Waals surface area contributed by atoms with Crippen molar-refractivity contribution in [3.05, 3.63) is 41.7 Å². The predicted molar refractivity (Wildman–Crippen MR) is 79.2 cm³/mol. The summed E-state index contributed by atoms with van der Waals surface area (Å²) < 4.78 is 44.8. The van der Waals surface area contributed by atoms with E-state index in [0.717, 1.165) is 0 Å². The summed E-state index contributed by atoms with van der Waals surface area (Å²) in [4.78, 5) is 18.1. The van der Waals surface area contributed by atoms with Crippen LogP contribution in [0, 0.1) is 0 Å². The summed E-state index contributed by atoms with van der Waals surface area (Å²) in [7, 11) is 0. The summed E-state index contributed by atoms with van der Waals surface area (Å²) in [5.41, 5.74) is -1.04. The van der Waals surface area contributed by atoms with E-state index < -0.39 is 17.8 Å². The van der Waals surface area contributed by atoms with E-state index in [0.29, 0.717) is 22.7 Å². The molecule has 0 aliphatic heterocycles. The van der Waals surface area contributed by atoms with Gasteiger partial charge in [-0.1, -0.05) is 25.1 Å². The Kier molecular flexibility index (Phi) is 3.71. The van der Waals surface area contributed by atoms with Crippen molar-refractivity contribution in [2.24, 2.45) is 0 Å². The lowest BCUT2D eigenvalue weighted by molar-refractivity contribution is -0.139. The third-order valence-electron chi connectivity index (χ3n) is 3.41. The standard InChI is InChI=1S/C16H13F3N2O2/c1-2-7-23-15(22)12-8-10-9-5-3-4-6-11(9)20-13(10)14(21-12)16(17,18)19/h3-6,8,20H,2,7H2,1H3. The van der Waals surface area contributed by atoms with Gasteiger partial charge in [-0.2, -0.15) is 13.2 Å². The largest absolute Gasteiger partial charge is 0.461 e. The fourth-order valence-corrected chi connectivity index (χ4v) is 2.42. The zero-order valence-electron chi connectivity index (χ0n) is 12.2. The minimum absolute atomic E-state index is 0.133. The Balaban J connectivity index is 2.27. The van der Waals surface area contributed by atoms with E-state index in [-0.39, 0.29) is 17.8 Å². The molecule has 0 unspecified atom stereocenters. The number of carbonyl (C=O) groups is 1. The highest BCUT2D eigenvalue weighted by Crippen LogP contribution is 2.36. The number of nitrogens with zero attached hydrogens (tertiary/aromatic N) is 1. The molecule has 3 aromatic rings. The number of nitrogens with one attached hydrogen (secondary N) is 1. The Morgan fingerprint density at radius 1 is 1.26 bits per heavy atom. The van der Waals surface area contributed by atoms with Crippen LogP contribution in [0.15, 0.2) is 30.3 Å². The van der Waals surface area contributed by atoms with Crippen LogP contribution in [-0.2, 0) is 10.9 Å². The summed E-state index contributed by atoms with van der Waals surface area (Å²) in [5, 5.41) is 0.895. The molecular weight excluding hydrogens is 309 g/mol. The SMILES string of the molecule is CCCOC(=O)c1cc2c([nH]c3ccccc32)c(C(F)(F)F)n1. The van der Waals surface area contributed by atoms with Crippen LogP contribution < -0.4 is 0 Å². The van der Waals surface area contributed by atoms with Gasteiger partial charge in [0.1, 0.15) is 5.69 Å². The first-order chi connectivity index (χ1) is 10.9. The molecule has 0 bridgehead atoms. The summed E-state index contributed by atoms with van der Waals surface area (Å²) in [6.07, 6.45) is -4.10. The van der Waals surface area contributed by atoms with Crippen molar-refractivity contribution in [3.8, 4) is 0 Å². The molecule has 0 radical (unpaired) electrons. The highest BCUT2D eigenvalue weighted by molar-refractivity contribution is 6.09. The summed E-state index contributed by atoms with van der Waals surface area (Å²) in [6.45, 7) is 1.93. The number of aromatic nitrogens is 2. The summed E-state index contributed by atoms with van der Waals surface area (Å²) in [6, 6.07) is 8.13. The molecule has 0 saturated heterocycles. The zero-order chi connectivity index (χ0) is 16.6. The van der Waals surface area contributed by atoms with Gasteiger partial charge in [0.15, 0.2) is 5.69 Å². The molecule has 0 spiro atoms. The molecule has 1 N–H and O–H groups in total. The average Bonchev–Trinajstić information content (AvgIpc) is 2.89. The second-order valence-electron chi connectivity index (χ2n) is 5.08. The number of aromatic amines is 1. The van der Waals surface area contributed by atoms with E-state index in [1.54, 1.807) is 31.2 Å². The Labute approximate surface area is 129 Å². The second kappa shape index (κ2) is 5.57. The van der Waals surface area contributed by atoms with Crippen LogP contribution in [0.3, 0.4) is 0 Å². The molecule has 7 heteroatoms. The maximum Gasteiger partial charge on any atom is 0.435 e. The minimum atomic E-state index is -4.68. The topological polar surface area (TPSA) is 55.0 Å². The Morgan fingerprint density at radius 2 is 2.00 bits per heavy atom. The van der Waals surface area contributed by atoms with Crippen molar-refractivity contribution in [2.75, 3.05) is 6.61 Å². The quantitative estimate of drug-likeness (QED) is 0.731. The smallest absolute Gasteiger partial charge is 0.435 e. The molecule has 23 heavy (non-hydrogen) atoms. The van der Waals surface area contributed by atoms with Crippen LogP contribution in [0.1, 0.15) is 29.5 Å². The number of para-hydroxylation sites is 1. The number of benzene rings is 1. The van der Waals surface area contributed by atoms with Gasteiger partial charge in [-0.05, 0) is 18.6 Å². The Bertz CT molecular complexity index is 884. The van der Waals surface area contributed by atoms with E-state index >= 15 is 0 Å². The third-order valence-corrected chi connectivity index (χ3v) is 3.41. The Hall–Kier alpha value is -2.57. The highest BCUT2D eigenvalue weighted by atomic mass is 19.4. The van der Waals surface area contributed by atoms with Crippen LogP contribution in [0.25, 0.3) is 21.8 Å². The number of halogens is 3. The number of rotatable bonds is 3. The molecule has 3 rings (SSSR count). The molecule has 1 aromatic carbocycles. The van der Waals surface area contributed by atoms with E-state index in [1.807, 2.05) is 0 Å². The molecule has 120 valence electrons. The van der Waals surface area contributed by atoms with Crippen molar-refractivity contribution in [1.82, 2.24) is 9.97 Å². The number of pyridine rings is 1. The third kappa shape index (κ3) is 2.74. The molecule has 0 amide bonds. The molecule has 2 aromatic heterocycles. The van der Waals surface area contributed by atoms with E-state index in [4.69, 9.17) is 4.74 Å². The monoisotopic (exact) mass is 322 g/mol. The molecule has 0 atom stereocenters. The predicted octanol–water partition coefficient (Wildman–Crippen LogP) is 4.30. The van der Waals surface area contributed by atoms with Crippen molar-refractivity contribution in [2.45, 2.75) is 19.5 Å². The number of alkyl halides is 3. The molecular formula is C16H13F3N2O2. The van der Waals surface area contributed by atoms with E-state index in [2.05, 4.69) is 9.97 Å². The van der Waals surface area contributed by atoms with Crippen molar-refractivity contribution < 1.29 is 22.7 Å². The molecule has 0 fully saturated rings. The van der Waals surface area contributed by atoms with Gasteiger partial charge in [-0.15, -0.1) is 0 Å². The van der Waals surface area contributed by atoms with Gasteiger partial charge in [-0.3, -0.25) is 0 Å². The van der Waals surface area contributed by atoms with Crippen LogP contribution in [0.4, 0.5) is 13.2 Å². The maximum absolute atomic E-state index is 13.3. The number of esters is 1. The maximum atomic E-state index is 13.3. The Morgan fingerprint density at radius 3 is 2.70 bits per heavy atom. The van der Waals surface area contributed by atoms with Crippen LogP contribution in [0.5, 0.6) is 0 Å². The summed E-state index contributed by atoms with van der Waals surface area (Å²) in [5.74, 6) is -0.857. The fraction of sp³-hybridized carbons (Fsp3) is 0.250. The molecule has 0 aliphatic rings. The molecule has 0 saturated carbocycles. The molecule has 2 heterocycles. The van der Waals surface area contributed by atoms with Crippen LogP contribution in [0.2, 0.25) is 0 Å². The van der Waals surface area contributed by atoms with Gasteiger partial charge in [0.05, 0.1) is 12.1 Å². The number of hydrogen-bond acceptors (Lipinski definition) is 3. The highest BCUT2D eigenvalue weighted by Gasteiger charge is 2.37. The normalized spacial score (nSPS) is 12.0. The number of hydrogen-bond donors (Lipinski definition) is 1. The number of H-pyrrole nitrogens is 1. The molecule has 4 nitrogen and oxygen atoms in total. The van der Waals surface area contributed by atoms with Gasteiger partial charge in [-0.25, -0.2) is 9.78 Å². The van der Waals surface area contributed by atoms with Crippen LogP contribution >= 0.6 is 0 Å². The fourth-order valence-electron chi connectivity index (χ4n) is 2.42. The van der Waals surface area contributed by atoms with Gasteiger partial charge in [0.25, 0.3) is 0 Å². The zero-order valence-corrected chi connectivity index (χ0v) is 12.2. The van der Waals surface area contributed by atoms with Gasteiger partial charge in [0, 0.05) is 16.3 Å². The van der Waals surface area contributed by atoms with Crippen molar-refractivity contribution in [1.29, 1.82) is 0 Å². The minimum Gasteiger partial charge on any atom is -0.461 e. The second-order valence-corrected chi connectivity index (χ2v) is 5.08. The van der Waals surface area contributed by atoms with Gasteiger partial charge >= 0.3 is 12.1 Å². The first kappa shape index (κ1) is 15.3. The van der Waals surface area contributed by atoms with Crippen LogP contribution in [-0.4, -0.2) is 22.5 Å². The molecule has 0 aliphatic carbocycles. The average molecular weight is 322 g/mol. The van der Waals surface area contributed by atoms with E-state index in [9.17, 15) is 18.0 Å². The van der Waals surface area contributed by atoms with Gasteiger partial charge in [0.2, 0.25) is 0 Å². The number of carbonyl (C=O) groups excluding carboxylic acids is 1. The first-order valence-corrected chi connectivity index (χ1v) is 7.07. The summed E-state index contributed by atoms with van der Waals surface area (Å²) >= 11 is 0. The lowest BCUT2D eigenvalue weighted by atomic mass is 10.1. The lowest BCUT2D eigenvalue weighted by Gasteiger charge is -2.09. The van der Waals surface area contributed by atoms with Crippen molar-refractivity contribution >= 4 is 27.8 Å². The van der Waals surface area contributed by atoms with Crippen molar-refractivity contribution in [3.63, 3.8) is 0 Å².